The van der Waals surface area contributed by atoms with Gasteiger partial charge in [0.15, 0.2) is 0 Å². The first-order valence-electron chi connectivity index (χ1n) is 7.98. The van der Waals surface area contributed by atoms with Crippen LogP contribution in [0.4, 0.5) is 0 Å². The van der Waals surface area contributed by atoms with E-state index in [0.29, 0.717) is 6.61 Å². The van der Waals surface area contributed by atoms with Gasteiger partial charge in [-0.2, -0.15) is 0 Å². The Bertz CT molecular complexity index is 329. The molecule has 0 amide bonds. The predicted molar refractivity (Wildman–Crippen MR) is 83.7 cm³/mol. The van der Waals surface area contributed by atoms with Gasteiger partial charge in [0.25, 0.3) is 0 Å². The van der Waals surface area contributed by atoms with Gasteiger partial charge in [0.1, 0.15) is 6.61 Å². The number of hydrogen-bond acceptors (Lipinski definition) is 3. The smallest absolute Gasteiger partial charge is 0.311 e. The normalized spacial score (nSPS) is 22.6. The Balaban J connectivity index is 2.57. The van der Waals surface area contributed by atoms with E-state index in [2.05, 4.69) is 32.6 Å². The number of rotatable bonds is 5. The maximum Gasteiger partial charge on any atom is 0.311 e. The molecule has 0 aromatic carbocycles. The Hall–Kier alpha value is -0.570. The van der Waals surface area contributed by atoms with E-state index >= 15 is 0 Å². The lowest BCUT2D eigenvalue weighted by Gasteiger charge is -2.53. The number of likely N-dealkylation sites (tertiary alicyclic amines) is 1. The fourth-order valence-corrected chi connectivity index (χ4v) is 3.22. The number of carbonyl (C=O) groups excluding carboxylic acids is 1. The maximum absolute atomic E-state index is 12.0. The SMILES string of the molecule is CCC(C)(C)C(=O)OCCN1C(C)(C)CCCC1(C)C. The Labute approximate surface area is 125 Å². The molecule has 118 valence electrons. The summed E-state index contributed by atoms with van der Waals surface area (Å²) in [5, 5.41) is 0. The third kappa shape index (κ3) is 3.97. The van der Waals surface area contributed by atoms with E-state index in [-0.39, 0.29) is 22.5 Å². The fraction of sp³-hybridized carbons (Fsp3) is 0.941. The van der Waals surface area contributed by atoms with E-state index in [1.54, 1.807) is 0 Å². The zero-order chi connectivity index (χ0) is 15.6. The van der Waals surface area contributed by atoms with Crippen molar-refractivity contribution in [3.05, 3.63) is 0 Å². The van der Waals surface area contributed by atoms with E-state index in [1.165, 1.54) is 19.3 Å². The van der Waals surface area contributed by atoms with Crippen molar-refractivity contribution in [3.8, 4) is 0 Å². The van der Waals surface area contributed by atoms with Gasteiger partial charge in [0.05, 0.1) is 5.41 Å². The molecule has 0 saturated carbocycles. The monoisotopic (exact) mass is 283 g/mol. The summed E-state index contributed by atoms with van der Waals surface area (Å²) in [6.45, 7) is 16.4. The molecule has 3 nitrogen and oxygen atoms in total. The van der Waals surface area contributed by atoms with Crippen molar-refractivity contribution in [3.63, 3.8) is 0 Å². The Kier molecular flexibility index (Phi) is 5.29. The van der Waals surface area contributed by atoms with Crippen LogP contribution in [-0.4, -0.2) is 35.1 Å². The van der Waals surface area contributed by atoms with E-state index < -0.39 is 0 Å². The van der Waals surface area contributed by atoms with Gasteiger partial charge in [-0.1, -0.05) is 6.92 Å². The van der Waals surface area contributed by atoms with E-state index in [1.807, 2.05) is 20.8 Å². The standard InChI is InChI=1S/C17H33NO2/c1-8-15(2,3)14(19)20-13-12-18-16(4,5)10-9-11-17(18,6)7/h8-13H2,1-7H3. The van der Waals surface area contributed by atoms with Crippen molar-refractivity contribution in [1.82, 2.24) is 4.90 Å². The summed E-state index contributed by atoms with van der Waals surface area (Å²) in [6, 6.07) is 0. The number of nitrogens with zero attached hydrogens (tertiary/aromatic N) is 1. The van der Waals surface area contributed by atoms with Gasteiger partial charge < -0.3 is 4.74 Å². The molecule has 0 aliphatic carbocycles. The second-order valence-electron chi connectivity index (χ2n) is 8.00. The van der Waals surface area contributed by atoms with Crippen LogP contribution in [0.15, 0.2) is 0 Å². The summed E-state index contributed by atoms with van der Waals surface area (Å²) in [7, 11) is 0. The molecule has 1 aliphatic heterocycles. The highest BCUT2D eigenvalue weighted by atomic mass is 16.5. The Morgan fingerprint density at radius 2 is 1.65 bits per heavy atom. The molecule has 1 heterocycles. The van der Waals surface area contributed by atoms with Crippen molar-refractivity contribution in [1.29, 1.82) is 0 Å². The fourth-order valence-electron chi connectivity index (χ4n) is 3.22. The van der Waals surface area contributed by atoms with Crippen molar-refractivity contribution in [2.45, 2.75) is 85.2 Å². The molecule has 0 unspecified atom stereocenters. The van der Waals surface area contributed by atoms with Crippen molar-refractivity contribution in [2.24, 2.45) is 5.41 Å². The van der Waals surface area contributed by atoms with Gasteiger partial charge in [0, 0.05) is 17.6 Å². The zero-order valence-corrected chi connectivity index (χ0v) is 14.5. The van der Waals surface area contributed by atoms with Gasteiger partial charge in [-0.15, -0.1) is 0 Å². The second-order valence-corrected chi connectivity index (χ2v) is 8.00. The molecule has 0 atom stereocenters. The average Bonchev–Trinajstić information content (AvgIpc) is 2.31. The van der Waals surface area contributed by atoms with Crippen molar-refractivity contribution in [2.75, 3.05) is 13.2 Å². The lowest BCUT2D eigenvalue weighted by Crippen LogP contribution is -2.59. The lowest BCUT2D eigenvalue weighted by atomic mass is 9.80. The number of carbonyl (C=O) groups is 1. The number of esters is 1. The zero-order valence-electron chi connectivity index (χ0n) is 14.5. The van der Waals surface area contributed by atoms with Crippen LogP contribution in [0.2, 0.25) is 0 Å². The molecule has 0 spiro atoms. The van der Waals surface area contributed by atoms with Crippen LogP contribution in [0.5, 0.6) is 0 Å². The maximum atomic E-state index is 12.0. The third-order valence-electron chi connectivity index (χ3n) is 5.02. The molecule has 3 heteroatoms. The van der Waals surface area contributed by atoms with Crippen LogP contribution in [0.1, 0.15) is 74.1 Å². The second kappa shape index (κ2) is 6.05. The van der Waals surface area contributed by atoms with Gasteiger partial charge in [-0.3, -0.25) is 9.69 Å². The van der Waals surface area contributed by atoms with Gasteiger partial charge >= 0.3 is 5.97 Å². The summed E-state index contributed by atoms with van der Waals surface area (Å²) < 4.78 is 5.51. The van der Waals surface area contributed by atoms with Crippen LogP contribution in [0.3, 0.4) is 0 Å². The van der Waals surface area contributed by atoms with Crippen LogP contribution >= 0.6 is 0 Å². The van der Waals surface area contributed by atoms with E-state index in [9.17, 15) is 4.79 Å². The quantitative estimate of drug-likeness (QED) is 0.714. The van der Waals surface area contributed by atoms with Gasteiger partial charge in [0.2, 0.25) is 0 Å². The minimum atomic E-state index is -0.368. The van der Waals surface area contributed by atoms with E-state index in [0.717, 1.165) is 13.0 Å². The summed E-state index contributed by atoms with van der Waals surface area (Å²) >= 11 is 0. The van der Waals surface area contributed by atoms with Gasteiger partial charge in [-0.25, -0.2) is 0 Å². The predicted octanol–water partition coefficient (Wildman–Crippen LogP) is 4.01. The minimum Gasteiger partial charge on any atom is -0.464 e. The minimum absolute atomic E-state index is 0.0763. The molecule has 0 aromatic heterocycles. The molecule has 1 saturated heterocycles. The third-order valence-corrected chi connectivity index (χ3v) is 5.02. The Morgan fingerprint density at radius 3 is 2.10 bits per heavy atom. The molecule has 1 fully saturated rings. The number of ether oxygens (including phenoxy) is 1. The molecule has 0 aromatic rings. The van der Waals surface area contributed by atoms with E-state index in [4.69, 9.17) is 4.74 Å². The Morgan fingerprint density at radius 1 is 1.15 bits per heavy atom. The van der Waals surface area contributed by atoms with Crippen molar-refractivity contribution < 1.29 is 9.53 Å². The molecule has 0 N–H and O–H groups in total. The largest absolute Gasteiger partial charge is 0.464 e. The van der Waals surface area contributed by atoms with Crippen LogP contribution in [0, 0.1) is 5.41 Å². The van der Waals surface area contributed by atoms with Crippen LogP contribution in [-0.2, 0) is 9.53 Å². The van der Waals surface area contributed by atoms with Crippen molar-refractivity contribution >= 4 is 5.97 Å². The van der Waals surface area contributed by atoms with Crippen LogP contribution < -0.4 is 0 Å². The molecular formula is C17H33NO2. The summed E-state index contributed by atoms with van der Waals surface area (Å²) in [5.41, 5.74) is 0.00972. The molecule has 0 bridgehead atoms. The highest BCUT2D eigenvalue weighted by Gasteiger charge is 2.41. The van der Waals surface area contributed by atoms with Gasteiger partial charge in [-0.05, 0) is 67.2 Å². The highest BCUT2D eigenvalue weighted by molar-refractivity contribution is 5.75. The number of hydrogen-bond donors (Lipinski definition) is 0. The summed E-state index contributed by atoms with van der Waals surface area (Å²) in [6.07, 6.45) is 4.52. The first-order valence-corrected chi connectivity index (χ1v) is 7.98. The molecule has 0 radical (unpaired) electrons. The lowest BCUT2D eigenvalue weighted by molar-refractivity contribution is -0.156. The topological polar surface area (TPSA) is 29.5 Å². The highest BCUT2D eigenvalue weighted by Crippen LogP contribution is 2.37. The molecular weight excluding hydrogens is 250 g/mol. The first-order chi connectivity index (χ1) is 9.03. The summed E-state index contributed by atoms with van der Waals surface area (Å²) in [5.74, 6) is -0.0763. The molecule has 1 aliphatic rings. The van der Waals surface area contributed by atoms with Crippen LogP contribution in [0.25, 0.3) is 0 Å². The average molecular weight is 283 g/mol. The molecule has 20 heavy (non-hydrogen) atoms. The summed E-state index contributed by atoms with van der Waals surface area (Å²) in [4.78, 5) is 14.5. The number of piperidine rings is 1. The first kappa shape index (κ1) is 17.5. The molecule has 1 rings (SSSR count).